The van der Waals surface area contributed by atoms with E-state index in [0.717, 1.165) is 41.8 Å². The van der Waals surface area contributed by atoms with Gasteiger partial charge in [-0.25, -0.2) is 9.78 Å². The number of rotatable bonds is 4. The minimum Gasteiger partial charge on any atom is -0.444 e. The second-order valence-corrected chi connectivity index (χ2v) is 11.5. The lowest BCUT2D eigenvalue weighted by atomic mass is 9.79. The Balaban J connectivity index is 1.55. The van der Waals surface area contributed by atoms with Gasteiger partial charge in [-0.15, -0.1) is 0 Å². The van der Waals surface area contributed by atoms with E-state index in [1.54, 1.807) is 0 Å². The minimum absolute atomic E-state index is 0.281. The molecule has 7 nitrogen and oxygen atoms in total. The number of hydrogen-bond acceptors (Lipinski definition) is 5. The van der Waals surface area contributed by atoms with Crippen molar-refractivity contribution in [3.63, 3.8) is 0 Å². The zero-order valence-corrected chi connectivity index (χ0v) is 21.8. The van der Waals surface area contributed by atoms with Gasteiger partial charge in [0.25, 0.3) is 0 Å². The summed E-state index contributed by atoms with van der Waals surface area (Å²) < 4.78 is 18.0. The summed E-state index contributed by atoms with van der Waals surface area (Å²) in [5, 5.41) is 0. The Morgan fingerprint density at radius 2 is 1.76 bits per heavy atom. The lowest BCUT2D eigenvalue weighted by molar-refractivity contribution is 0.00447. The highest BCUT2D eigenvalue weighted by Gasteiger charge is 2.51. The van der Waals surface area contributed by atoms with Gasteiger partial charge in [0.1, 0.15) is 17.0 Å². The first-order valence-electron chi connectivity index (χ1n) is 12.3. The molecule has 1 unspecified atom stereocenters. The first-order chi connectivity index (χ1) is 15.8. The van der Waals surface area contributed by atoms with Crippen LogP contribution in [-0.4, -0.2) is 51.4 Å². The monoisotopic (exact) mass is 467 g/mol. The maximum Gasteiger partial charge on any atom is 0.494 e. The summed E-state index contributed by atoms with van der Waals surface area (Å²) in [6, 6.07) is 8.18. The van der Waals surface area contributed by atoms with Crippen LogP contribution in [0.15, 0.2) is 30.5 Å². The standard InChI is InChI=1S/C26H38BN3O4/c1-9-26(15-10-16-30(26)22(31)32-23(2,3)4)21-28-17-20(29-21)18-11-13-19(14-12-18)27-33-24(5,6)25(7,8)34-27/h11-14,17H,9-10,15-16H2,1-8H3,(H,28,29). The fourth-order valence-electron chi connectivity index (χ4n) is 4.75. The maximum absolute atomic E-state index is 13.0. The van der Waals surface area contributed by atoms with E-state index in [1.807, 2.05) is 44.0 Å². The molecule has 184 valence electrons. The molecule has 1 N–H and O–H groups in total. The summed E-state index contributed by atoms with van der Waals surface area (Å²) in [6.45, 7) is 16.7. The van der Waals surface area contributed by atoms with Gasteiger partial charge in [-0.1, -0.05) is 31.2 Å². The summed E-state index contributed by atoms with van der Waals surface area (Å²) in [4.78, 5) is 23.1. The molecule has 1 aromatic carbocycles. The van der Waals surface area contributed by atoms with Crippen LogP contribution in [0, 0.1) is 0 Å². The molecule has 2 aromatic rings. The quantitative estimate of drug-likeness (QED) is 0.640. The van der Waals surface area contributed by atoms with Gasteiger partial charge in [0.15, 0.2) is 0 Å². The summed E-state index contributed by atoms with van der Waals surface area (Å²) in [5.41, 5.74) is 1.16. The van der Waals surface area contributed by atoms with E-state index in [-0.39, 0.29) is 24.4 Å². The zero-order valence-electron chi connectivity index (χ0n) is 21.8. The second kappa shape index (κ2) is 8.42. The van der Waals surface area contributed by atoms with E-state index in [4.69, 9.17) is 19.0 Å². The predicted molar refractivity (Wildman–Crippen MR) is 134 cm³/mol. The highest BCUT2D eigenvalue weighted by atomic mass is 16.7. The Kier molecular flexibility index (Phi) is 6.14. The summed E-state index contributed by atoms with van der Waals surface area (Å²) in [6.07, 6.45) is 4.11. The molecule has 2 aliphatic rings. The largest absolute Gasteiger partial charge is 0.494 e. The SMILES string of the molecule is CCC1(c2ncc(-c3ccc(B4OC(C)(C)C(C)(C)O4)cc3)[nH]2)CCCN1C(=O)OC(C)(C)C. The third-order valence-corrected chi connectivity index (χ3v) is 7.45. The van der Waals surface area contributed by atoms with Crippen LogP contribution in [0.3, 0.4) is 0 Å². The van der Waals surface area contributed by atoms with Gasteiger partial charge in [-0.05, 0) is 78.8 Å². The van der Waals surface area contributed by atoms with E-state index in [1.165, 1.54) is 0 Å². The van der Waals surface area contributed by atoms with Crippen LogP contribution in [-0.2, 0) is 19.6 Å². The molecule has 0 spiro atoms. The van der Waals surface area contributed by atoms with Crippen LogP contribution in [0.4, 0.5) is 4.79 Å². The van der Waals surface area contributed by atoms with Gasteiger partial charge in [0, 0.05) is 6.54 Å². The number of ether oxygens (including phenoxy) is 1. The normalized spacial score (nSPS) is 24.0. The molecule has 2 saturated heterocycles. The fraction of sp³-hybridized carbons (Fsp3) is 0.615. The van der Waals surface area contributed by atoms with E-state index >= 15 is 0 Å². The maximum atomic E-state index is 13.0. The van der Waals surface area contributed by atoms with Crippen molar-refractivity contribution < 1.29 is 18.8 Å². The van der Waals surface area contributed by atoms with E-state index in [0.29, 0.717) is 6.54 Å². The topological polar surface area (TPSA) is 76.7 Å². The van der Waals surface area contributed by atoms with Gasteiger partial charge >= 0.3 is 13.2 Å². The van der Waals surface area contributed by atoms with E-state index in [2.05, 4.69) is 51.7 Å². The van der Waals surface area contributed by atoms with Crippen molar-refractivity contribution in [1.82, 2.24) is 14.9 Å². The molecule has 2 aliphatic heterocycles. The smallest absolute Gasteiger partial charge is 0.444 e. The number of H-pyrrole nitrogens is 1. The molecule has 2 fully saturated rings. The molecule has 1 atom stereocenters. The van der Waals surface area contributed by atoms with Crippen molar-refractivity contribution >= 4 is 18.7 Å². The number of aromatic amines is 1. The number of nitrogens with zero attached hydrogens (tertiary/aromatic N) is 2. The number of carbonyl (C=O) groups is 1. The second-order valence-electron chi connectivity index (χ2n) is 11.5. The van der Waals surface area contributed by atoms with Crippen LogP contribution in [0.1, 0.15) is 80.5 Å². The van der Waals surface area contributed by atoms with Crippen molar-refractivity contribution in [2.45, 2.75) is 97.0 Å². The molecule has 3 heterocycles. The highest BCUT2D eigenvalue weighted by molar-refractivity contribution is 6.62. The Morgan fingerprint density at radius 1 is 1.15 bits per heavy atom. The summed E-state index contributed by atoms with van der Waals surface area (Å²) in [7, 11) is -0.388. The Bertz CT molecular complexity index is 1030. The van der Waals surface area contributed by atoms with Gasteiger partial charge in [-0.2, -0.15) is 0 Å². The first-order valence-corrected chi connectivity index (χ1v) is 12.3. The van der Waals surface area contributed by atoms with Crippen molar-refractivity contribution in [3.05, 3.63) is 36.3 Å². The number of nitrogens with one attached hydrogen (secondary N) is 1. The molecule has 0 saturated carbocycles. The van der Waals surface area contributed by atoms with E-state index < -0.39 is 11.1 Å². The molecular formula is C26H38BN3O4. The van der Waals surface area contributed by atoms with Crippen LogP contribution >= 0.6 is 0 Å². The van der Waals surface area contributed by atoms with Gasteiger partial charge < -0.3 is 19.0 Å². The molecule has 8 heteroatoms. The lowest BCUT2D eigenvalue weighted by Gasteiger charge is -2.37. The third-order valence-electron chi connectivity index (χ3n) is 7.45. The van der Waals surface area contributed by atoms with Crippen LogP contribution in [0.5, 0.6) is 0 Å². The van der Waals surface area contributed by atoms with Crippen LogP contribution < -0.4 is 5.46 Å². The molecule has 1 aromatic heterocycles. The van der Waals surface area contributed by atoms with Crippen molar-refractivity contribution in [1.29, 1.82) is 0 Å². The number of benzene rings is 1. The van der Waals surface area contributed by atoms with Gasteiger partial charge in [0.2, 0.25) is 0 Å². The Hall–Kier alpha value is -2.32. The summed E-state index contributed by atoms with van der Waals surface area (Å²) >= 11 is 0. The average Bonchev–Trinajstić information content (AvgIpc) is 3.44. The molecular weight excluding hydrogens is 429 g/mol. The molecule has 1 amide bonds. The fourth-order valence-corrected chi connectivity index (χ4v) is 4.75. The third kappa shape index (κ3) is 4.38. The number of carbonyl (C=O) groups excluding carboxylic acids is 1. The Morgan fingerprint density at radius 3 is 2.32 bits per heavy atom. The number of hydrogen-bond donors (Lipinski definition) is 1. The molecule has 0 aliphatic carbocycles. The Labute approximate surface area is 203 Å². The van der Waals surface area contributed by atoms with Crippen LogP contribution in [0.25, 0.3) is 11.3 Å². The minimum atomic E-state index is -0.535. The summed E-state index contributed by atoms with van der Waals surface area (Å²) in [5.74, 6) is 0.809. The van der Waals surface area contributed by atoms with Crippen molar-refractivity contribution in [3.8, 4) is 11.3 Å². The number of imidazole rings is 1. The van der Waals surface area contributed by atoms with Crippen molar-refractivity contribution in [2.75, 3.05) is 6.54 Å². The average molecular weight is 467 g/mol. The van der Waals surface area contributed by atoms with Crippen LogP contribution in [0.2, 0.25) is 0 Å². The lowest BCUT2D eigenvalue weighted by Crippen LogP contribution is -2.47. The number of amides is 1. The number of likely N-dealkylation sites (tertiary alicyclic amines) is 1. The van der Waals surface area contributed by atoms with E-state index in [9.17, 15) is 4.79 Å². The molecule has 0 bridgehead atoms. The predicted octanol–water partition coefficient (Wildman–Crippen LogP) is 5.01. The molecule has 34 heavy (non-hydrogen) atoms. The van der Waals surface area contributed by atoms with Crippen molar-refractivity contribution in [2.24, 2.45) is 0 Å². The molecule has 4 rings (SSSR count). The highest BCUT2D eigenvalue weighted by Crippen LogP contribution is 2.42. The number of aromatic nitrogens is 2. The van der Waals surface area contributed by atoms with Gasteiger partial charge in [-0.3, -0.25) is 4.90 Å². The molecule has 0 radical (unpaired) electrons. The zero-order chi connectivity index (χ0) is 24.9. The van der Waals surface area contributed by atoms with Gasteiger partial charge in [0.05, 0.1) is 23.1 Å². The first kappa shape index (κ1) is 24.8.